The van der Waals surface area contributed by atoms with Gasteiger partial charge < -0.3 is 5.73 Å². The Kier molecular flexibility index (Phi) is 3.71. The number of halogens is 5. The third-order valence-electron chi connectivity index (χ3n) is 2.69. The van der Waals surface area contributed by atoms with Crippen molar-refractivity contribution < 1.29 is 22.6 Å². The predicted molar refractivity (Wildman–Crippen MR) is 65.4 cm³/mol. The van der Waals surface area contributed by atoms with Gasteiger partial charge in [0, 0.05) is 10.1 Å². The van der Waals surface area contributed by atoms with Gasteiger partial charge in [-0.05, 0) is 18.6 Å². The van der Waals surface area contributed by atoms with Crippen molar-refractivity contribution in [3.63, 3.8) is 0 Å². The molecule has 0 bridgehead atoms. The van der Waals surface area contributed by atoms with Gasteiger partial charge in [-0.15, -0.1) is 0 Å². The van der Waals surface area contributed by atoms with Crippen molar-refractivity contribution in [3.05, 3.63) is 40.2 Å². The highest BCUT2D eigenvalue weighted by molar-refractivity contribution is 6.34. The van der Waals surface area contributed by atoms with Crippen LogP contribution in [0.2, 0.25) is 5.02 Å². The summed E-state index contributed by atoms with van der Waals surface area (Å²) in [6, 6.07) is 2.31. The molecule has 1 heterocycles. The fourth-order valence-corrected chi connectivity index (χ4v) is 1.75. The number of nitrogen functional groups attached to an aromatic ring is 1. The number of hydrogen-bond acceptors (Lipinski definition) is 3. The number of pyridine rings is 1. The zero-order chi connectivity index (χ0) is 15.0. The second-order valence-corrected chi connectivity index (χ2v) is 4.32. The van der Waals surface area contributed by atoms with Gasteiger partial charge in [-0.1, -0.05) is 17.7 Å². The zero-order valence-electron chi connectivity index (χ0n) is 9.98. The first-order valence-electron chi connectivity index (χ1n) is 5.26. The van der Waals surface area contributed by atoms with Crippen molar-refractivity contribution in [1.29, 1.82) is 0 Å². The zero-order valence-corrected chi connectivity index (χ0v) is 10.7. The van der Waals surface area contributed by atoms with E-state index in [1.165, 1.54) is 13.0 Å². The van der Waals surface area contributed by atoms with Gasteiger partial charge in [0.2, 0.25) is 0 Å². The Morgan fingerprint density at radius 1 is 1.15 bits per heavy atom. The SMILES string of the molecule is Cc1ccc(-c2nc(OF)c(Cl)c(N)c2F)c(F)c1F. The lowest BCUT2D eigenvalue weighted by Gasteiger charge is -2.10. The molecule has 0 unspecified atom stereocenters. The highest BCUT2D eigenvalue weighted by atomic mass is 35.5. The second kappa shape index (κ2) is 5.16. The van der Waals surface area contributed by atoms with Crippen molar-refractivity contribution in [3.8, 4) is 17.1 Å². The Bertz CT molecular complexity index is 694. The number of hydrogen-bond donors (Lipinski definition) is 1. The molecule has 1 aromatic carbocycles. The van der Waals surface area contributed by atoms with Crippen LogP contribution in [-0.2, 0) is 0 Å². The van der Waals surface area contributed by atoms with E-state index in [0.717, 1.165) is 6.07 Å². The summed E-state index contributed by atoms with van der Waals surface area (Å²) in [4.78, 5) is 6.69. The summed E-state index contributed by atoms with van der Waals surface area (Å²) in [5.74, 6) is -4.53. The first-order chi connectivity index (χ1) is 9.38. The van der Waals surface area contributed by atoms with Crippen LogP contribution in [-0.4, -0.2) is 4.98 Å². The van der Waals surface area contributed by atoms with Gasteiger partial charge in [0.15, 0.2) is 17.5 Å². The van der Waals surface area contributed by atoms with Crippen LogP contribution in [0.3, 0.4) is 0 Å². The van der Waals surface area contributed by atoms with Gasteiger partial charge >= 0.3 is 0 Å². The number of nitrogens with two attached hydrogens (primary N) is 1. The smallest absolute Gasteiger partial charge is 0.284 e. The van der Waals surface area contributed by atoms with Crippen molar-refractivity contribution in [2.75, 3.05) is 5.73 Å². The molecule has 3 nitrogen and oxygen atoms in total. The minimum Gasteiger partial charge on any atom is -0.395 e. The van der Waals surface area contributed by atoms with Crippen LogP contribution in [0.1, 0.15) is 5.56 Å². The van der Waals surface area contributed by atoms with Crippen molar-refractivity contribution in [1.82, 2.24) is 4.98 Å². The summed E-state index contributed by atoms with van der Waals surface area (Å²) in [5, 5.41) is -0.596. The van der Waals surface area contributed by atoms with Gasteiger partial charge in [0.25, 0.3) is 5.88 Å². The predicted octanol–water partition coefficient (Wildman–Crippen LogP) is 3.97. The highest BCUT2D eigenvalue weighted by Crippen LogP contribution is 2.37. The summed E-state index contributed by atoms with van der Waals surface area (Å²) in [7, 11) is 0. The first-order valence-corrected chi connectivity index (χ1v) is 5.64. The molecule has 0 saturated heterocycles. The lowest BCUT2D eigenvalue weighted by molar-refractivity contribution is -0.0116. The van der Waals surface area contributed by atoms with E-state index in [1.807, 2.05) is 0 Å². The van der Waals surface area contributed by atoms with Gasteiger partial charge in [-0.2, -0.15) is 0 Å². The molecule has 0 aliphatic heterocycles. The molecule has 0 spiro atoms. The third kappa shape index (κ3) is 2.14. The molecule has 106 valence electrons. The number of anilines is 1. The number of benzene rings is 1. The molecule has 8 heteroatoms. The number of aromatic nitrogens is 1. The molecular formula is C12H7ClF4N2O. The Labute approximate surface area is 115 Å². The highest BCUT2D eigenvalue weighted by Gasteiger charge is 2.23. The van der Waals surface area contributed by atoms with Crippen LogP contribution in [0.5, 0.6) is 5.88 Å². The van der Waals surface area contributed by atoms with Crippen molar-refractivity contribution in [2.24, 2.45) is 0 Å². The van der Waals surface area contributed by atoms with E-state index in [1.54, 1.807) is 0 Å². The molecule has 2 N–H and O–H groups in total. The Morgan fingerprint density at radius 3 is 2.40 bits per heavy atom. The largest absolute Gasteiger partial charge is 0.395 e. The van der Waals surface area contributed by atoms with Gasteiger partial charge in [-0.25, -0.2) is 18.2 Å². The quantitative estimate of drug-likeness (QED) is 0.854. The number of aryl methyl sites for hydroxylation is 1. The van der Waals surface area contributed by atoms with Crippen LogP contribution in [0.15, 0.2) is 12.1 Å². The first kappa shape index (κ1) is 14.4. The summed E-state index contributed by atoms with van der Waals surface area (Å²) < 4.78 is 53.5. The molecule has 0 radical (unpaired) electrons. The van der Waals surface area contributed by atoms with Crippen molar-refractivity contribution in [2.45, 2.75) is 6.92 Å². The van der Waals surface area contributed by atoms with Gasteiger partial charge in [-0.3, -0.25) is 4.94 Å². The average molecular weight is 307 g/mol. The maximum atomic E-state index is 13.9. The van der Waals surface area contributed by atoms with Crippen molar-refractivity contribution >= 4 is 17.3 Å². The maximum absolute atomic E-state index is 13.9. The van der Waals surface area contributed by atoms with E-state index >= 15 is 0 Å². The van der Waals surface area contributed by atoms with Crippen LogP contribution < -0.4 is 10.7 Å². The Morgan fingerprint density at radius 2 is 1.80 bits per heavy atom. The van der Waals surface area contributed by atoms with Crippen LogP contribution in [0.25, 0.3) is 11.3 Å². The number of nitrogens with zero attached hydrogens (tertiary/aromatic N) is 1. The van der Waals surface area contributed by atoms with Gasteiger partial charge in [0.05, 0.1) is 5.69 Å². The third-order valence-corrected chi connectivity index (χ3v) is 3.05. The van der Waals surface area contributed by atoms with Crippen LogP contribution >= 0.6 is 11.6 Å². The molecule has 2 aromatic rings. The molecular weight excluding hydrogens is 300 g/mol. The molecule has 20 heavy (non-hydrogen) atoms. The standard InChI is InChI=1S/C12H7ClF4N2O/c1-4-2-3-5(8(15)7(4)14)11-9(16)10(18)6(13)12(19-11)20-17/h2-3H,1H3,(H2,18,19). The Hall–Kier alpha value is -2.02. The molecule has 0 saturated carbocycles. The molecule has 0 amide bonds. The van der Waals surface area contributed by atoms with E-state index in [2.05, 4.69) is 9.93 Å². The molecule has 0 fully saturated rings. The summed E-state index contributed by atoms with van der Waals surface area (Å²) >= 11 is 5.49. The normalized spacial score (nSPS) is 10.7. The summed E-state index contributed by atoms with van der Waals surface area (Å²) in [5.41, 5.74) is 3.43. The van der Waals surface area contributed by atoms with E-state index < -0.39 is 45.3 Å². The fourth-order valence-electron chi connectivity index (χ4n) is 1.60. The molecule has 0 aliphatic carbocycles. The fraction of sp³-hybridized carbons (Fsp3) is 0.0833. The van der Waals surface area contributed by atoms with Crippen LogP contribution in [0.4, 0.5) is 23.4 Å². The monoisotopic (exact) mass is 306 g/mol. The number of rotatable bonds is 2. The lowest BCUT2D eigenvalue weighted by atomic mass is 10.1. The topological polar surface area (TPSA) is 48.1 Å². The summed E-state index contributed by atoms with van der Waals surface area (Å²) in [6.45, 7) is 1.33. The molecule has 0 aliphatic rings. The van der Waals surface area contributed by atoms with E-state index in [0.29, 0.717) is 0 Å². The summed E-state index contributed by atoms with van der Waals surface area (Å²) in [6.07, 6.45) is 0. The van der Waals surface area contributed by atoms with E-state index in [9.17, 15) is 17.7 Å². The maximum Gasteiger partial charge on any atom is 0.284 e. The lowest BCUT2D eigenvalue weighted by Crippen LogP contribution is -2.03. The minimum absolute atomic E-state index is 0.0237. The van der Waals surface area contributed by atoms with E-state index in [-0.39, 0.29) is 5.56 Å². The average Bonchev–Trinajstić information content (AvgIpc) is 2.44. The van der Waals surface area contributed by atoms with E-state index in [4.69, 9.17) is 17.3 Å². The second-order valence-electron chi connectivity index (χ2n) is 3.94. The minimum atomic E-state index is -1.33. The molecule has 2 rings (SSSR count). The van der Waals surface area contributed by atoms with Gasteiger partial charge in [0.1, 0.15) is 10.7 Å². The Balaban J connectivity index is 2.77. The van der Waals surface area contributed by atoms with Crippen LogP contribution in [0, 0.1) is 24.4 Å². The molecule has 1 aromatic heterocycles. The molecule has 0 atom stereocenters.